The molecule has 2 heteroatoms. The third kappa shape index (κ3) is 2.86. The highest BCUT2D eigenvalue weighted by atomic mass is 15.2. The predicted molar refractivity (Wildman–Crippen MR) is 79.4 cm³/mol. The van der Waals surface area contributed by atoms with Gasteiger partial charge in [-0.25, -0.2) is 0 Å². The summed E-state index contributed by atoms with van der Waals surface area (Å²) in [5.74, 6) is 0. The van der Waals surface area contributed by atoms with Crippen molar-refractivity contribution in [1.29, 1.82) is 0 Å². The highest BCUT2D eigenvalue weighted by Gasteiger charge is 2.26. The van der Waals surface area contributed by atoms with Crippen molar-refractivity contribution in [2.45, 2.75) is 45.6 Å². The Morgan fingerprint density at radius 3 is 2.67 bits per heavy atom. The first kappa shape index (κ1) is 13.4. The van der Waals surface area contributed by atoms with E-state index in [1.807, 2.05) is 0 Å². The highest BCUT2D eigenvalue weighted by molar-refractivity contribution is 5.57. The van der Waals surface area contributed by atoms with Crippen LogP contribution in [0, 0.1) is 0 Å². The summed E-state index contributed by atoms with van der Waals surface area (Å²) in [4.78, 5) is 2.54. The van der Waals surface area contributed by atoms with Gasteiger partial charge in [-0.05, 0) is 30.0 Å². The third-order valence-electron chi connectivity index (χ3n) is 3.73. The van der Waals surface area contributed by atoms with E-state index in [4.69, 9.17) is 0 Å². The molecular formula is C16H26N2. The van der Waals surface area contributed by atoms with Crippen LogP contribution in [0.15, 0.2) is 24.3 Å². The van der Waals surface area contributed by atoms with Gasteiger partial charge >= 0.3 is 0 Å². The Balaban J connectivity index is 2.19. The molecular weight excluding hydrogens is 220 g/mol. The van der Waals surface area contributed by atoms with Crippen LogP contribution in [0.25, 0.3) is 0 Å². The first-order valence-electron chi connectivity index (χ1n) is 7.10. The number of benzene rings is 1. The van der Waals surface area contributed by atoms with E-state index in [9.17, 15) is 0 Å². The largest absolute Gasteiger partial charge is 0.370 e. The molecule has 1 atom stereocenters. The number of hydrogen-bond acceptors (Lipinski definition) is 2. The zero-order chi connectivity index (χ0) is 13.2. The van der Waals surface area contributed by atoms with Crippen molar-refractivity contribution in [2.75, 3.05) is 24.5 Å². The molecule has 0 radical (unpaired) electrons. The maximum absolute atomic E-state index is 3.56. The van der Waals surface area contributed by atoms with Gasteiger partial charge in [0, 0.05) is 24.8 Å². The van der Waals surface area contributed by atoms with Gasteiger partial charge in [0.25, 0.3) is 0 Å². The Kier molecular flexibility index (Phi) is 3.96. The molecule has 0 saturated carbocycles. The van der Waals surface area contributed by atoms with Crippen molar-refractivity contribution < 1.29 is 0 Å². The molecule has 2 rings (SSSR count). The Labute approximate surface area is 111 Å². The minimum atomic E-state index is 0.215. The minimum Gasteiger partial charge on any atom is -0.370 e. The fourth-order valence-corrected chi connectivity index (χ4v) is 2.82. The van der Waals surface area contributed by atoms with E-state index in [-0.39, 0.29) is 5.41 Å². The number of rotatable bonds is 3. The topological polar surface area (TPSA) is 15.3 Å². The summed E-state index contributed by atoms with van der Waals surface area (Å²) in [5, 5.41) is 3.56. The lowest BCUT2D eigenvalue weighted by Crippen LogP contribution is -2.33. The van der Waals surface area contributed by atoms with Crippen LogP contribution in [0.5, 0.6) is 0 Å². The summed E-state index contributed by atoms with van der Waals surface area (Å²) in [7, 11) is 0. The summed E-state index contributed by atoms with van der Waals surface area (Å²) in [6, 6.07) is 9.51. The van der Waals surface area contributed by atoms with Gasteiger partial charge in [0.15, 0.2) is 0 Å². The number of nitrogens with one attached hydrogen (secondary N) is 1. The van der Waals surface area contributed by atoms with Gasteiger partial charge in [-0.2, -0.15) is 0 Å². The average Bonchev–Trinajstić information content (AvgIpc) is 2.77. The van der Waals surface area contributed by atoms with Gasteiger partial charge in [-0.15, -0.1) is 0 Å². The Hall–Kier alpha value is -1.02. The fourth-order valence-electron chi connectivity index (χ4n) is 2.82. The molecule has 1 unspecified atom stereocenters. The van der Waals surface area contributed by atoms with Gasteiger partial charge in [0.1, 0.15) is 0 Å². The van der Waals surface area contributed by atoms with Gasteiger partial charge in [-0.1, -0.05) is 45.9 Å². The van der Waals surface area contributed by atoms with E-state index < -0.39 is 0 Å². The van der Waals surface area contributed by atoms with Gasteiger partial charge < -0.3 is 10.2 Å². The van der Waals surface area contributed by atoms with Crippen molar-refractivity contribution in [3.8, 4) is 0 Å². The second kappa shape index (κ2) is 5.31. The number of hydrogen-bond donors (Lipinski definition) is 1. The molecule has 100 valence electrons. The highest BCUT2D eigenvalue weighted by Crippen LogP contribution is 2.33. The van der Waals surface area contributed by atoms with Crippen LogP contribution in [-0.2, 0) is 5.41 Å². The Morgan fingerprint density at radius 2 is 2.00 bits per heavy atom. The molecule has 1 N–H and O–H groups in total. The Morgan fingerprint density at radius 1 is 1.28 bits per heavy atom. The maximum Gasteiger partial charge on any atom is 0.0404 e. The molecule has 0 aromatic heterocycles. The number of likely N-dealkylation sites (N-methyl/N-ethyl adjacent to an activating group) is 1. The average molecular weight is 246 g/mol. The van der Waals surface area contributed by atoms with Crippen molar-refractivity contribution >= 4 is 5.69 Å². The normalized spacial score (nSPS) is 20.4. The van der Waals surface area contributed by atoms with Crippen LogP contribution >= 0.6 is 0 Å². The molecule has 0 aliphatic carbocycles. The number of para-hydroxylation sites is 1. The summed E-state index contributed by atoms with van der Waals surface area (Å²) in [6.07, 6.45) is 1.26. The zero-order valence-corrected chi connectivity index (χ0v) is 12.2. The summed E-state index contributed by atoms with van der Waals surface area (Å²) in [5.41, 5.74) is 3.10. The van der Waals surface area contributed by atoms with E-state index in [0.717, 1.165) is 13.1 Å². The summed E-state index contributed by atoms with van der Waals surface area (Å²) in [6.45, 7) is 12.5. The van der Waals surface area contributed by atoms with Crippen LogP contribution in [-0.4, -0.2) is 25.7 Å². The van der Waals surface area contributed by atoms with Crippen LogP contribution in [0.2, 0.25) is 0 Å². The second-order valence-electron chi connectivity index (χ2n) is 6.26. The SMILES string of the molecule is CCNC1CCN(c2ccccc2C(C)(C)C)C1. The smallest absolute Gasteiger partial charge is 0.0404 e. The zero-order valence-electron chi connectivity index (χ0n) is 12.2. The molecule has 0 spiro atoms. The van der Waals surface area contributed by atoms with Crippen LogP contribution in [0.1, 0.15) is 39.7 Å². The summed E-state index contributed by atoms with van der Waals surface area (Å²) >= 11 is 0. The molecule has 0 bridgehead atoms. The van der Waals surface area contributed by atoms with E-state index in [1.54, 1.807) is 0 Å². The standard InChI is InChI=1S/C16H26N2/c1-5-17-13-10-11-18(12-13)15-9-7-6-8-14(15)16(2,3)4/h6-9,13,17H,5,10-12H2,1-4H3. The van der Waals surface area contributed by atoms with Crippen molar-refractivity contribution in [3.63, 3.8) is 0 Å². The second-order valence-corrected chi connectivity index (χ2v) is 6.26. The molecule has 1 aliphatic heterocycles. The molecule has 1 heterocycles. The lowest BCUT2D eigenvalue weighted by atomic mass is 9.85. The van der Waals surface area contributed by atoms with Crippen molar-refractivity contribution in [3.05, 3.63) is 29.8 Å². The van der Waals surface area contributed by atoms with E-state index >= 15 is 0 Å². The lowest BCUT2D eigenvalue weighted by Gasteiger charge is -2.28. The molecule has 0 amide bonds. The molecule has 1 aliphatic rings. The molecule has 1 fully saturated rings. The van der Waals surface area contributed by atoms with Gasteiger partial charge in [-0.3, -0.25) is 0 Å². The van der Waals surface area contributed by atoms with Gasteiger partial charge in [0.2, 0.25) is 0 Å². The quantitative estimate of drug-likeness (QED) is 0.881. The molecule has 1 aromatic rings. The first-order chi connectivity index (χ1) is 8.52. The van der Waals surface area contributed by atoms with E-state index in [1.165, 1.54) is 24.2 Å². The number of anilines is 1. The minimum absolute atomic E-state index is 0.215. The first-order valence-corrected chi connectivity index (χ1v) is 7.10. The van der Waals surface area contributed by atoms with Crippen LogP contribution in [0.3, 0.4) is 0 Å². The fraction of sp³-hybridized carbons (Fsp3) is 0.625. The van der Waals surface area contributed by atoms with Crippen LogP contribution in [0.4, 0.5) is 5.69 Å². The third-order valence-corrected chi connectivity index (χ3v) is 3.73. The molecule has 2 nitrogen and oxygen atoms in total. The lowest BCUT2D eigenvalue weighted by molar-refractivity contribution is 0.569. The molecule has 18 heavy (non-hydrogen) atoms. The Bertz CT molecular complexity index is 392. The number of nitrogens with zero attached hydrogens (tertiary/aromatic N) is 1. The molecule has 1 aromatic carbocycles. The van der Waals surface area contributed by atoms with Crippen molar-refractivity contribution in [1.82, 2.24) is 5.32 Å². The van der Waals surface area contributed by atoms with Crippen molar-refractivity contribution in [2.24, 2.45) is 0 Å². The van der Waals surface area contributed by atoms with E-state index in [0.29, 0.717) is 6.04 Å². The van der Waals surface area contributed by atoms with Gasteiger partial charge in [0.05, 0.1) is 0 Å². The monoisotopic (exact) mass is 246 g/mol. The van der Waals surface area contributed by atoms with E-state index in [2.05, 4.69) is 62.2 Å². The predicted octanol–water partition coefficient (Wildman–Crippen LogP) is 3.17. The maximum atomic E-state index is 3.56. The molecule has 1 saturated heterocycles. The van der Waals surface area contributed by atoms with Crippen LogP contribution < -0.4 is 10.2 Å². The summed E-state index contributed by atoms with van der Waals surface area (Å²) < 4.78 is 0.